The number of nitrogens with zero attached hydrogens (tertiary/aromatic N) is 2. The summed E-state index contributed by atoms with van der Waals surface area (Å²) in [7, 11) is 0. The van der Waals surface area contributed by atoms with Crippen molar-refractivity contribution in [1.29, 1.82) is 0 Å². The van der Waals surface area contributed by atoms with Crippen molar-refractivity contribution in [3.63, 3.8) is 0 Å². The molecule has 0 saturated heterocycles. The molecule has 19 heteroatoms. The lowest BCUT2D eigenvalue weighted by Gasteiger charge is -2.06. The molecule has 0 amide bonds. The first-order chi connectivity index (χ1) is 33.8. The number of ketones is 2. The van der Waals surface area contributed by atoms with Gasteiger partial charge in [-0.1, -0.05) is 60.8 Å². The fourth-order valence-corrected chi connectivity index (χ4v) is 6.45. The number of ether oxygens (including phenoxy) is 4. The molecular weight excluding hydrogens is 957 g/mol. The molecule has 0 aliphatic rings. The van der Waals surface area contributed by atoms with E-state index in [4.69, 9.17) is 29.4 Å². The SMILES string of the molecule is C=C(C)C(=O)Oc1ccc(Sc2ccc(C(=O)/C(C)=N/O)cc2)cc1.C=C(C)C(=O)Oc1ccc(Sc2ccc(C(=O)/C(C)=N/OC(=O)CCC(=O)OCCC)cc2)cc1.CCCOC(=O)CCC(=O)O. The first-order valence-corrected chi connectivity index (χ1v) is 23.5. The van der Waals surface area contributed by atoms with Crippen LogP contribution in [0, 0.1) is 0 Å². The number of carbonyl (C=O) groups excluding carboxylic acids is 7. The van der Waals surface area contributed by atoms with Crippen LogP contribution < -0.4 is 9.47 Å². The Morgan fingerprint density at radius 2 is 0.845 bits per heavy atom. The van der Waals surface area contributed by atoms with Crippen LogP contribution in [0.25, 0.3) is 0 Å². The highest BCUT2D eigenvalue weighted by molar-refractivity contribution is 7.99. The lowest BCUT2D eigenvalue weighted by atomic mass is 10.1. The van der Waals surface area contributed by atoms with Crippen LogP contribution in [0.15, 0.2) is 151 Å². The predicted molar refractivity (Wildman–Crippen MR) is 266 cm³/mol. The second-order valence-corrected chi connectivity index (χ2v) is 17.1. The lowest BCUT2D eigenvalue weighted by Crippen LogP contribution is -2.13. The summed E-state index contributed by atoms with van der Waals surface area (Å²) in [6.45, 7) is 17.6. The van der Waals surface area contributed by atoms with E-state index in [1.54, 1.807) is 74.5 Å². The molecule has 0 fully saturated rings. The van der Waals surface area contributed by atoms with Gasteiger partial charge in [-0.15, -0.1) is 0 Å². The van der Waals surface area contributed by atoms with Gasteiger partial charge < -0.3 is 34.1 Å². The quantitative estimate of drug-likeness (QED) is 0.0102. The van der Waals surface area contributed by atoms with Gasteiger partial charge in [0.05, 0.1) is 38.9 Å². The van der Waals surface area contributed by atoms with E-state index < -0.39 is 35.8 Å². The molecule has 376 valence electrons. The summed E-state index contributed by atoms with van der Waals surface area (Å²) >= 11 is 2.98. The summed E-state index contributed by atoms with van der Waals surface area (Å²) in [6.07, 6.45) is 0.986. The molecule has 4 aromatic carbocycles. The van der Waals surface area contributed by atoms with Crippen molar-refractivity contribution < 1.29 is 72.5 Å². The number of carboxylic acid groups (broad SMARTS) is 1. The Morgan fingerprint density at radius 1 is 0.507 bits per heavy atom. The predicted octanol–water partition coefficient (Wildman–Crippen LogP) is 10.3. The van der Waals surface area contributed by atoms with Gasteiger partial charge in [0.1, 0.15) is 22.9 Å². The van der Waals surface area contributed by atoms with Gasteiger partial charge in [-0.3, -0.25) is 24.0 Å². The van der Waals surface area contributed by atoms with Gasteiger partial charge in [-0.2, -0.15) is 0 Å². The highest BCUT2D eigenvalue weighted by atomic mass is 32.2. The summed E-state index contributed by atoms with van der Waals surface area (Å²) in [5.74, 6) is -3.38. The molecule has 0 aromatic heterocycles. The maximum Gasteiger partial charge on any atom is 0.338 e. The van der Waals surface area contributed by atoms with E-state index in [-0.39, 0.29) is 48.7 Å². The number of carboxylic acids is 1. The van der Waals surface area contributed by atoms with Crippen LogP contribution in [-0.4, -0.2) is 82.3 Å². The van der Waals surface area contributed by atoms with Crippen LogP contribution in [0.1, 0.15) is 101 Å². The minimum Gasteiger partial charge on any atom is -0.481 e. The first kappa shape index (κ1) is 59.5. The standard InChI is InChI=1S/C26H27NO7S.C19H17NO4S.C7H12O4/c1-5-16-32-23(28)14-15-24(29)34-27-18(4)25(30)19-6-10-21(11-7-19)35-22-12-8-20(9-13-22)33-26(31)17(2)3;1-12(2)19(22)24-15-6-10-17(11-7-15)25-16-8-4-14(5-9-16)18(21)13(3)20-23;1-2-5-11-7(10)4-3-6(8)9/h6-13H,2,5,14-16H2,1,3-4H3;4-11,23H,1H2,2-3H3;2-5H2,1H3,(H,8,9)/b27-18+;20-13+;. The van der Waals surface area contributed by atoms with E-state index in [0.717, 1.165) is 26.0 Å². The monoisotopic (exact) mass is 1010 g/mol. The van der Waals surface area contributed by atoms with Gasteiger partial charge >= 0.3 is 35.8 Å². The van der Waals surface area contributed by atoms with Crippen molar-refractivity contribution >= 4 is 82.3 Å². The van der Waals surface area contributed by atoms with Crippen LogP contribution in [0.2, 0.25) is 0 Å². The largest absolute Gasteiger partial charge is 0.481 e. The molecule has 0 spiro atoms. The minimum absolute atomic E-state index is 0.00668. The number of rotatable bonds is 23. The van der Waals surface area contributed by atoms with E-state index in [1.165, 1.54) is 37.4 Å². The van der Waals surface area contributed by atoms with Crippen LogP contribution in [0.4, 0.5) is 0 Å². The Kier molecular flexibility index (Phi) is 27.0. The number of Topliss-reactive ketones (excluding diaryl/α,β-unsaturated/α-hetero) is 2. The molecule has 2 N–H and O–H groups in total. The average Bonchev–Trinajstić information content (AvgIpc) is 3.36. The molecule has 0 radical (unpaired) electrons. The van der Waals surface area contributed by atoms with Crippen LogP contribution in [0.3, 0.4) is 0 Å². The van der Waals surface area contributed by atoms with E-state index in [0.29, 0.717) is 53.4 Å². The molecular formula is C52H56N2O15S2. The van der Waals surface area contributed by atoms with Gasteiger partial charge in [0, 0.05) is 41.9 Å². The number of esters is 4. The highest BCUT2D eigenvalue weighted by Crippen LogP contribution is 2.31. The van der Waals surface area contributed by atoms with E-state index in [1.807, 2.05) is 50.2 Å². The lowest BCUT2D eigenvalue weighted by molar-refractivity contribution is -0.150. The smallest absolute Gasteiger partial charge is 0.338 e. The molecule has 71 heavy (non-hydrogen) atoms. The Balaban J connectivity index is 0.000000416. The zero-order chi connectivity index (χ0) is 52.9. The zero-order valence-corrected chi connectivity index (χ0v) is 41.9. The fourth-order valence-electron chi connectivity index (χ4n) is 4.82. The van der Waals surface area contributed by atoms with Crippen molar-refractivity contribution in [3.8, 4) is 11.5 Å². The number of aliphatic carboxylic acids is 1. The fraction of sp³-hybridized carbons (Fsp3) is 0.269. The number of benzene rings is 4. The minimum atomic E-state index is -0.974. The third-order valence-electron chi connectivity index (χ3n) is 8.57. The molecule has 17 nitrogen and oxygen atoms in total. The topological polar surface area (TPSA) is 248 Å². The molecule has 4 rings (SSSR count). The maximum atomic E-state index is 12.5. The summed E-state index contributed by atoms with van der Waals surface area (Å²) < 4.78 is 19.8. The van der Waals surface area contributed by atoms with Gasteiger partial charge in [-0.25, -0.2) is 14.4 Å². The average molecular weight is 1010 g/mol. The Morgan fingerprint density at radius 3 is 1.18 bits per heavy atom. The molecule has 0 heterocycles. The third kappa shape index (κ3) is 24.0. The number of carbonyl (C=O) groups is 8. The second-order valence-electron chi connectivity index (χ2n) is 14.9. The Labute approximate surface area is 420 Å². The normalized spacial score (nSPS) is 10.7. The van der Waals surface area contributed by atoms with Crippen LogP contribution in [0.5, 0.6) is 11.5 Å². The summed E-state index contributed by atoms with van der Waals surface area (Å²) in [4.78, 5) is 99.6. The summed E-state index contributed by atoms with van der Waals surface area (Å²) in [5.41, 5.74) is 1.56. The number of oxime groups is 2. The second kappa shape index (κ2) is 32.2. The maximum absolute atomic E-state index is 12.5. The molecule has 4 aromatic rings. The van der Waals surface area contributed by atoms with E-state index >= 15 is 0 Å². The van der Waals surface area contributed by atoms with Crippen molar-refractivity contribution in [2.75, 3.05) is 13.2 Å². The number of hydrogen-bond donors (Lipinski definition) is 2. The molecule has 0 unspecified atom stereocenters. The Hall–Kier alpha value is -7.64. The van der Waals surface area contributed by atoms with E-state index in [9.17, 15) is 38.4 Å². The van der Waals surface area contributed by atoms with Crippen molar-refractivity contribution in [2.45, 2.75) is 99.6 Å². The number of hydrogen-bond acceptors (Lipinski definition) is 18. The van der Waals surface area contributed by atoms with Crippen molar-refractivity contribution in [2.24, 2.45) is 10.3 Å². The van der Waals surface area contributed by atoms with Crippen LogP contribution >= 0.6 is 23.5 Å². The molecule has 0 saturated carbocycles. The first-order valence-electron chi connectivity index (χ1n) is 21.8. The molecule has 0 atom stereocenters. The Bertz CT molecular complexity index is 2550. The van der Waals surface area contributed by atoms with Crippen molar-refractivity contribution in [1.82, 2.24) is 0 Å². The van der Waals surface area contributed by atoms with Gasteiger partial charge in [0.25, 0.3) is 0 Å². The highest BCUT2D eigenvalue weighted by Gasteiger charge is 2.15. The van der Waals surface area contributed by atoms with Gasteiger partial charge in [-0.05, 0) is 138 Å². The van der Waals surface area contributed by atoms with Crippen molar-refractivity contribution in [3.05, 3.63) is 132 Å². The van der Waals surface area contributed by atoms with Crippen LogP contribution in [-0.2, 0) is 43.1 Å². The van der Waals surface area contributed by atoms with Gasteiger partial charge in [0.15, 0.2) is 0 Å². The third-order valence-corrected chi connectivity index (χ3v) is 10.6. The summed E-state index contributed by atoms with van der Waals surface area (Å²) in [5, 5.41) is 23.3. The zero-order valence-electron chi connectivity index (χ0n) is 40.2. The molecule has 0 bridgehead atoms. The molecule has 0 aliphatic heterocycles. The molecule has 0 aliphatic carbocycles. The van der Waals surface area contributed by atoms with Gasteiger partial charge in [0.2, 0.25) is 11.6 Å². The van der Waals surface area contributed by atoms with E-state index in [2.05, 4.69) is 28.2 Å². The summed E-state index contributed by atoms with van der Waals surface area (Å²) in [6, 6.07) is 28.0.